The van der Waals surface area contributed by atoms with Crippen LogP contribution in [0.2, 0.25) is 0 Å². The van der Waals surface area contributed by atoms with Crippen molar-refractivity contribution in [2.24, 2.45) is 5.92 Å². The molecule has 82 valence electrons. The van der Waals surface area contributed by atoms with Crippen molar-refractivity contribution in [1.29, 1.82) is 0 Å². The van der Waals surface area contributed by atoms with Crippen LogP contribution in [-0.4, -0.2) is 17.8 Å². The van der Waals surface area contributed by atoms with Crippen molar-refractivity contribution in [1.82, 2.24) is 0 Å². The third-order valence-electron chi connectivity index (χ3n) is 2.05. The van der Waals surface area contributed by atoms with Crippen LogP contribution in [0.4, 0.5) is 0 Å². The second-order valence-corrected chi connectivity index (χ2v) is 3.48. The Kier molecular flexibility index (Phi) is 7.48. The van der Waals surface area contributed by atoms with Gasteiger partial charge in [0.2, 0.25) is 5.24 Å². The van der Waals surface area contributed by atoms with Crippen LogP contribution < -0.4 is 0 Å². The van der Waals surface area contributed by atoms with Gasteiger partial charge < -0.3 is 4.74 Å². The molecule has 0 aromatic carbocycles. The summed E-state index contributed by atoms with van der Waals surface area (Å²) in [5.74, 6) is -0.324. The highest BCUT2D eigenvalue weighted by atomic mass is 35.5. The predicted octanol–water partition coefficient (Wildman–Crippen LogP) is 2.51. The first-order valence-electron chi connectivity index (χ1n) is 4.96. The second-order valence-electron chi connectivity index (χ2n) is 3.11. The molecule has 14 heavy (non-hydrogen) atoms. The van der Waals surface area contributed by atoms with Crippen LogP contribution in [0, 0.1) is 5.92 Å². The fraction of sp³-hybridized carbons (Fsp3) is 0.800. The molecule has 0 aliphatic rings. The van der Waals surface area contributed by atoms with E-state index in [1.807, 2.05) is 6.92 Å². The Morgan fingerprint density at radius 2 is 2.00 bits per heavy atom. The molecule has 0 saturated heterocycles. The van der Waals surface area contributed by atoms with Crippen LogP contribution in [-0.2, 0) is 14.3 Å². The maximum absolute atomic E-state index is 10.9. The van der Waals surface area contributed by atoms with E-state index in [-0.39, 0.29) is 17.1 Å². The Bertz CT molecular complexity index is 192. The summed E-state index contributed by atoms with van der Waals surface area (Å²) >= 11 is 5.37. The van der Waals surface area contributed by atoms with Crippen LogP contribution in [0.1, 0.15) is 39.5 Å². The van der Waals surface area contributed by atoms with E-state index in [1.54, 1.807) is 6.92 Å². The molecule has 4 heteroatoms. The molecule has 0 rings (SSSR count). The van der Waals surface area contributed by atoms with Crippen LogP contribution in [0.25, 0.3) is 0 Å². The van der Waals surface area contributed by atoms with Gasteiger partial charge in [-0.15, -0.1) is 0 Å². The van der Waals surface area contributed by atoms with Gasteiger partial charge in [-0.2, -0.15) is 0 Å². The quantitative estimate of drug-likeness (QED) is 0.489. The van der Waals surface area contributed by atoms with Gasteiger partial charge in [0.25, 0.3) is 0 Å². The molecule has 0 N–H and O–H groups in total. The van der Waals surface area contributed by atoms with E-state index in [4.69, 9.17) is 16.3 Å². The predicted molar refractivity (Wildman–Crippen MR) is 55.1 cm³/mol. The average molecular weight is 221 g/mol. The van der Waals surface area contributed by atoms with Gasteiger partial charge in [-0.25, -0.2) is 0 Å². The molecule has 0 saturated carbocycles. The van der Waals surface area contributed by atoms with E-state index in [1.165, 1.54) is 0 Å². The largest absolute Gasteiger partial charge is 0.466 e. The summed E-state index contributed by atoms with van der Waals surface area (Å²) < 4.78 is 4.76. The van der Waals surface area contributed by atoms with Crippen LogP contribution in [0.3, 0.4) is 0 Å². The van der Waals surface area contributed by atoms with Gasteiger partial charge in [0, 0.05) is 12.3 Å². The Morgan fingerprint density at radius 3 is 2.43 bits per heavy atom. The molecule has 1 atom stereocenters. The van der Waals surface area contributed by atoms with Gasteiger partial charge in [-0.05, 0) is 37.8 Å². The van der Waals surface area contributed by atoms with Crippen molar-refractivity contribution in [3.63, 3.8) is 0 Å². The lowest BCUT2D eigenvalue weighted by molar-refractivity contribution is -0.143. The molecule has 0 bridgehead atoms. The van der Waals surface area contributed by atoms with Gasteiger partial charge in [-0.3, -0.25) is 9.59 Å². The molecule has 0 spiro atoms. The van der Waals surface area contributed by atoms with Crippen LogP contribution in [0.15, 0.2) is 0 Å². The third-order valence-corrected chi connectivity index (χ3v) is 2.36. The third kappa shape index (κ3) is 5.97. The molecule has 1 unspecified atom stereocenters. The lowest BCUT2D eigenvalue weighted by Crippen LogP contribution is -2.09. The number of esters is 1. The molecule has 0 heterocycles. The molecule has 0 aromatic heterocycles. The molecule has 0 radical (unpaired) electrons. The maximum atomic E-state index is 10.9. The summed E-state index contributed by atoms with van der Waals surface area (Å²) in [6.07, 6.45) is 2.42. The van der Waals surface area contributed by atoms with Gasteiger partial charge in [-0.1, -0.05) is 6.92 Å². The molecule has 3 nitrogen and oxygen atoms in total. The van der Waals surface area contributed by atoms with Crippen molar-refractivity contribution in [3.05, 3.63) is 0 Å². The first-order chi connectivity index (χ1) is 6.61. The molecule has 0 aromatic rings. The van der Waals surface area contributed by atoms with E-state index in [2.05, 4.69) is 0 Å². The van der Waals surface area contributed by atoms with Gasteiger partial charge in [0.05, 0.1) is 6.61 Å². The first kappa shape index (κ1) is 13.4. The number of hydrogen-bond acceptors (Lipinski definition) is 3. The monoisotopic (exact) mass is 220 g/mol. The van der Waals surface area contributed by atoms with Gasteiger partial charge >= 0.3 is 5.97 Å². The fourth-order valence-corrected chi connectivity index (χ4v) is 1.47. The van der Waals surface area contributed by atoms with Gasteiger partial charge in [0.15, 0.2) is 0 Å². The Labute approximate surface area is 89.8 Å². The van der Waals surface area contributed by atoms with E-state index >= 15 is 0 Å². The van der Waals surface area contributed by atoms with Crippen LogP contribution >= 0.6 is 11.6 Å². The minimum Gasteiger partial charge on any atom is -0.466 e. The van der Waals surface area contributed by atoms with Crippen molar-refractivity contribution in [2.45, 2.75) is 39.5 Å². The summed E-state index contributed by atoms with van der Waals surface area (Å²) in [4.78, 5) is 21.8. The number of rotatable bonds is 7. The summed E-state index contributed by atoms with van der Waals surface area (Å²) in [5.41, 5.74) is 0. The lowest BCUT2D eigenvalue weighted by Gasteiger charge is -2.08. The summed E-state index contributed by atoms with van der Waals surface area (Å²) in [7, 11) is 0. The molecule has 0 aliphatic heterocycles. The van der Waals surface area contributed by atoms with E-state index < -0.39 is 0 Å². The smallest absolute Gasteiger partial charge is 0.305 e. The fourth-order valence-electron chi connectivity index (χ4n) is 1.20. The molecule has 0 amide bonds. The summed E-state index contributed by atoms with van der Waals surface area (Å²) in [6, 6.07) is 0. The number of carbonyl (C=O) groups is 2. The minimum atomic E-state index is -0.309. The highest BCUT2D eigenvalue weighted by Crippen LogP contribution is 2.15. The number of hydrogen-bond donors (Lipinski definition) is 0. The normalized spacial score (nSPS) is 12.2. The zero-order chi connectivity index (χ0) is 11.0. The zero-order valence-electron chi connectivity index (χ0n) is 8.72. The minimum absolute atomic E-state index is 0.119. The van der Waals surface area contributed by atoms with Crippen LogP contribution in [0.5, 0.6) is 0 Å². The molecule has 0 aliphatic carbocycles. The molecular weight excluding hydrogens is 204 g/mol. The van der Waals surface area contributed by atoms with E-state index in [9.17, 15) is 9.59 Å². The first-order valence-corrected chi connectivity index (χ1v) is 5.34. The van der Waals surface area contributed by atoms with Gasteiger partial charge in [0.1, 0.15) is 0 Å². The Balaban J connectivity index is 3.61. The molecule has 0 fully saturated rings. The highest BCUT2D eigenvalue weighted by Gasteiger charge is 2.14. The SMILES string of the molecule is CCOC(=O)CCCC(CC)C(=O)Cl. The van der Waals surface area contributed by atoms with E-state index in [0.717, 1.165) is 6.42 Å². The standard InChI is InChI=1S/C10H17ClO3/c1-3-8(10(11)13)6-5-7-9(12)14-4-2/h8H,3-7H2,1-2H3. The number of carbonyl (C=O) groups excluding carboxylic acids is 2. The topological polar surface area (TPSA) is 43.4 Å². The molecular formula is C10H17ClO3. The summed E-state index contributed by atoms with van der Waals surface area (Å²) in [6.45, 7) is 4.09. The van der Waals surface area contributed by atoms with Crippen molar-refractivity contribution >= 4 is 22.8 Å². The lowest BCUT2D eigenvalue weighted by atomic mass is 10.0. The highest BCUT2D eigenvalue weighted by molar-refractivity contribution is 6.63. The van der Waals surface area contributed by atoms with E-state index in [0.29, 0.717) is 25.9 Å². The van der Waals surface area contributed by atoms with Crippen molar-refractivity contribution in [3.8, 4) is 0 Å². The van der Waals surface area contributed by atoms with Crippen molar-refractivity contribution < 1.29 is 14.3 Å². The number of halogens is 1. The summed E-state index contributed by atoms with van der Waals surface area (Å²) in [5, 5.41) is -0.309. The average Bonchev–Trinajstić information content (AvgIpc) is 2.12. The Hall–Kier alpha value is -0.570. The zero-order valence-corrected chi connectivity index (χ0v) is 9.47. The number of ether oxygens (including phenoxy) is 1. The maximum Gasteiger partial charge on any atom is 0.305 e. The second kappa shape index (κ2) is 7.80. The van der Waals surface area contributed by atoms with Crippen molar-refractivity contribution in [2.75, 3.05) is 6.61 Å². The Morgan fingerprint density at radius 1 is 1.36 bits per heavy atom.